The molecule has 1 aromatic carbocycles. The van der Waals surface area contributed by atoms with Crippen LogP contribution in [0.2, 0.25) is 0 Å². The van der Waals surface area contributed by atoms with Gasteiger partial charge in [0.2, 0.25) is 5.91 Å². The van der Waals surface area contributed by atoms with Crippen LogP contribution in [0.25, 0.3) is 11.0 Å². The van der Waals surface area contributed by atoms with Gasteiger partial charge in [0.15, 0.2) is 0 Å². The van der Waals surface area contributed by atoms with E-state index in [1.807, 2.05) is 0 Å². The largest absolute Gasteiger partial charge is 0.371 e. The molecule has 1 aromatic heterocycles. The number of hydrogen-bond donors (Lipinski definition) is 2. The fraction of sp³-hybridized carbons (Fsp3) is 0.579. The molecule has 0 atom stereocenters. The molecule has 2 rings (SSSR count). The predicted octanol–water partition coefficient (Wildman–Crippen LogP) is 3.64. The molecule has 7 heteroatoms. The summed E-state index contributed by atoms with van der Waals surface area (Å²) in [4.78, 5) is 18.0. The Morgan fingerprint density at radius 2 is 2.08 bits per heavy atom. The maximum absolute atomic E-state index is 11.0. The Balaban J connectivity index is 1.94. The minimum absolute atomic E-state index is 0.313. The molecule has 1 amide bonds. The van der Waals surface area contributed by atoms with Crippen LogP contribution in [-0.2, 0) is 18.3 Å². The molecule has 0 saturated heterocycles. The zero-order valence-corrected chi connectivity index (χ0v) is 16.4. The summed E-state index contributed by atoms with van der Waals surface area (Å²) in [7, 11) is 2.06. The number of fused-ring (bicyclic) bond motifs is 1. The lowest BCUT2D eigenvalue weighted by atomic mass is 10.1. The van der Waals surface area contributed by atoms with E-state index in [2.05, 4.69) is 41.6 Å². The molecule has 1 heterocycles. The van der Waals surface area contributed by atoms with Crippen LogP contribution >= 0.6 is 11.6 Å². The normalized spacial score (nSPS) is 11.1. The summed E-state index contributed by atoms with van der Waals surface area (Å²) >= 11 is 5.90. The average molecular weight is 381 g/mol. The van der Waals surface area contributed by atoms with Crippen LogP contribution in [0.15, 0.2) is 18.2 Å². The molecule has 0 aliphatic rings. The highest BCUT2D eigenvalue weighted by atomic mass is 35.5. The summed E-state index contributed by atoms with van der Waals surface area (Å²) in [6.45, 7) is 3.88. The number of rotatable bonds is 11. The number of halogens is 1. The molecule has 2 N–H and O–H groups in total. The van der Waals surface area contributed by atoms with Crippen LogP contribution in [0.5, 0.6) is 0 Å². The number of hydroxylamine groups is 1. The summed E-state index contributed by atoms with van der Waals surface area (Å²) in [6.07, 6.45) is 5.16. The Labute approximate surface area is 160 Å². The number of benzene rings is 1. The SMILES string of the molecule is CCN(CCCl)c1ccc2c(c1)nc(CCCCCCC(=O)NO)n2C. The van der Waals surface area contributed by atoms with Crippen molar-refractivity contribution < 1.29 is 10.0 Å². The summed E-state index contributed by atoms with van der Waals surface area (Å²) in [5.41, 5.74) is 4.99. The van der Waals surface area contributed by atoms with Crippen LogP contribution in [0.4, 0.5) is 5.69 Å². The molecule has 2 aromatic rings. The number of carbonyl (C=O) groups is 1. The molecule has 6 nitrogen and oxygen atoms in total. The second kappa shape index (κ2) is 10.4. The number of nitrogens with zero attached hydrogens (tertiary/aromatic N) is 3. The van der Waals surface area contributed by atoms with E-state index in [9.17, 15) is 4.79 Å². The first-order valence-corrected chi connectivity index (χ1v) is 9.83. The number of nitrogens with one attached hydrogen (secondary N) is 1. The van der Waals surface area contributed by atoms with Crippen molar-refractivity contribution >= 4 is 34.2 Å². The van der Waals surface area contributed by atoms with Gasteiger partial charge in [-0.15, -0.1) is 11.6 Å². The topological polar surface area (TPSA) is 70.4 Å². The number of anilines is 1. The number of aryl methyl sites for hydroxylation is 2. The van der Waals surface area contributed by atoms with Gasteiger partial charge in [0.25, 0.3) is 0 Å². The Hall–Kier alpha value is -1.79. The first-order chi connectivity index (χ1) is 12.6. The van der Waals surface area contributed by atoms with Crippen LogP contribution in [0, 0.1) is 0 Å². The van der Waals surface area contributed by atoms with E-state index in [1.165, 1.54) is 0 Å². The van der Waals surface area contributed by atoms with Gasteiger partial charge >= 0.3 is 0 Å². The smallest absolute Gasteiger partial charge is 0.243 e. The fourth-order valence-corrected chi connectivity index (χ4v) is 3.41. The number of alkyl halides is 1. The summed E-state index contributed by atoms with van der Waals surface area (Å²) < 4.78 is 2.16. The van der Waals surface area contributed by atoms with E-state index in [1.54, 1.807) is 5.48 Å². The van der Waals surface area contributed by atoms with E-state index in [4.69, 9.17) is 21.8 Å². The molecule has 0 fully saturated rings. The molecule has 0 unspecified atom stereocenters. The van der Waals surface area contributed by atoms with E-state index < -0.39 is 0 Å². The van der Waals surface area contributed by atoms with Crippen molar-refractivity contribution in [1.29, 1.82) is 0 Å². The van der Waals surface area contributed by atoms with Crippen LogP contribution in [-0.4, -0.2) is 39.6 Å². The Bertz CT molecular complexity index is 717. The minimum atomic E-state index is -0.313. The molecule has 26 heavy (non-hydrogen) atoms. The molecule has 144 valence electrons. The fourth-order valence-electron chi connectivity index (χ4n) is 3.21. The van der Waals surface area contributed by atoms with Crippen molar-refractivity contribution in [3.8, 4) is 0 Å². The standard InChI is InChI=1S/C19H29ClN4O2/c1-3-24(13-12-20)15-10-11-17-16(14-15)21-18(23(17)2)8-6-4-5-7-9-19(25)22-26/h10-11,14,26H,3-9,12-13H2,1-2H3,(H,22,25). The van der Waals surface area contributed by atoms with E-state index in [0.29, 0.717) is 12.3 Å². The molecule has 0 spiro atoms. The zero-order chi connectivity index (χ0) is 18.9. The van der Waals surface area contributed by atoms with E-state index in [-0.39, 0.29) is 5.91 Å². The summed E-state index contributed by atoms with van der Waals surface area (Å²) in [5.74, 6) is 1.39. The monoisotopic (exact) mass is 380 g/mol. The van der Waals surface area contributed by atoms with Gasteiger partial charge in [-0.05, 0) is 38.0 Å². The van der Waals surface area contributed by atoms with Gasteiger partial charge in [-0.25, -0.2) is 10.5 Å². The second-order valence-corrected chi connectivity index (χ2v) is 6.86. The molecule has 0 aliphatic heterocycles. The van der Waals surface area contributed by atoms with Gasteiger partial charge < -0.3 is 9.47 Å². The number of unbranched alkanes of at least 4 members (excludes halogenated alkanes) is 3. The number of aromatic nitrogens is 2. The van der Waals surface area contributed by atoms with Crippen molar-refractivity contribution in [3.05, 3.63) is 24.0 Å². The van der Waals surface area contributed by atoms with Gasteiger partial charge in [-0.1, -0.05) is 12.8 Å². The van der Waals surface area contributed by atoms with Gasteiger partial charge in [0, 0.05) is 44.5 Å². The highest BCUT2D eigenvalue weighted by molar-refractivity contribution is 6.18. The summed E-state index contributed by atoms with van der Waals surface area (Å²) in [5, 5.41) is 8.47. The Morgan fingerprint density at radius 3 is 2.77 bits per heavy atom. The molecule has 0 aliphatic carbocycles. The van der Waals surface area contributed by atoms with Crippen LogP contribution < -0.4 is 10.4 Å². The number of carbonyl (C=O) groups excluding carboxylic acids is 1. The van der Waals surface area contributed by atoms with Crippen molar-refractivity contribution in [3.63, 3.8) is 0 Å². The van der Waals surface area contributed by atoms with Crippen molar-refractivity contribution in [1.82, 2.24) is 15.0 Å². The quantitative estimate of drug-likeness (QED) is 0.270. The van der Waals surface area contributed by atoms with E-state index in [0.717, 1.165) is 67.7 Å². The van der Waals surface area contributed by atoms with Crippen molar-refractivity contribution in [2.75, 3.05) is 23.9 Å². The van der Waals surface area contributed by atoms with Gasteiger partial charge in [0.1, 0.15) is 5.82 Å². The van der Waals surface area contributed by atoms with Crippen molar-refractivity contribution in [2.24, 2.45) is 7.05 Å². The van der Waals surface area contributed by atoms with Gasteiger partial charge in [0.05, 0.1) is 11.0 Å². The third-order valence-corrected chi connectivity index (χ3v) is 4.91. The predicted molar refractivity (Wildman–Crippen MR) is 106 cm³/mol. The average Bonchev–Trinajstić information content (AvgIpc) is 2.97. The first-order valence-electron chi connectivity index (χ1n) is 9.29. The summed E-state index contributed by atoms with van der Waals surface area (Å²) in [6, 6.07) is 6.41. The Kier molecular flexibility index (Phi) is 8.19. The number of imidazole rings is 1. The van der Waals surface area contributed by atoms with Crippen molar-refractivity contribution in [2.45, 2.75) is 45.4 Å². The third kappa shape index (κ3) is 5.35. The molecule has 0 bridgehead atoms. The Morgan fingerprint density at radius 1 is 1.31 bits per heavy atom. The van der Waals surface area contributed by atoms with Gasteiger partial charge in [-0.2, -0.15) is 0 Å². The lowest BCUT2D eigenvalue weighted by Gasteiger charge is -2.21. The number of amides is 1. The van der Waals surface area contributed by atoms with E-state index >= 15 is 0 Å². The lowest BCUT2D eigenvalue weighted by Crippen LogP contribution is -2.24. The lowest BCUT2D eigenvalue weighted by molar-refractivity contribution is -0.129. The first kappa shape index (κ1) is 20.5. The number of hydrogen-bond acceptors (Lipinski definition) is 4. The highest BCUT2D eigenvalue weighted by Crippen LogP contribution is 2.23. The zero-order valence-electron chi connectivity index (χ0n) is 15.7. The van der Waals surface area contributed by atoms with Crippen LogP contribution in [0.1, 0.15) is 44.9 Å². The second-order valence-electron chi connectivity index (χ2n) is 6.48. The molecular weight excluding hydrogens is 352 g/mol. The maximum atomic E-state index is 11.0. The van der Waals surface area contributed by atoms with Crippen LogP contribution in [0.3, 0.4) is 0 Å². The molecular formula is C19H29ClN4O2. The van der Waals surface area contributed by atoms with Gasteiger partial charge in [-0.3, -0.25) is 10.0 Å². The molecule has 0 saturated carbocycles. The highest BCUT2D eigenvalue weighted by Gasteiger charge is 2.11. The third-order valence-electron chi connectivity index (χ3n) is 4.74. The molecule has 0 radical (unpaired) electrons. The minimum Gasteiger partial charge on any atom is -0.371 e. The maximum Gasteiger partial charge on any atom is 0.243 e.